The smallest absolute Gasteiger partial charge is 0.0319 e. The van der Waals surface area contributed by atoms with Gasteiger partial charge in [0, 0.05) is 43.0 Å². The predicted molar refractivity (Wildman–Crippen MR) is 79.7 cm³/mol. The summed E-state index contributed by atoms with van der Waals surface area (Å²) in [5, 5.41) is 21.0. The summed E-state index contributed by atoms with van der Waals surface area (Å²) in [4.78, 5) is 0. The second-order valence-electron chi connectivity index (χ2n) is 4.57. The van der Waals surface area contributed by atoms with E-state index < -0.39 is 0 Å². The number of hydrogen-bond donors (Lipinski definition) is 3. The minimum atomic E-state index is 0. The molecule has 3 N–H and O–H groups in total. The molecule has 20 heavy (non-hydrogen) atoms. The zero-order valence-electron chi connectivity index (χ0n) is 13.1. The van der Waals surface area contributed by atoms with Crippen LogP contribution in [0.4, 0.5) is 0 Å². The first-order valence-electron chi connectivity index (χ1n) is 7.06. The van der Waals surface area contributed by atoms with Gasteiger partial charge in [0.1, 0.15) is 0 Å². The second-order valence-corrected chi connectivity index (χ2v) is 4.57. The number of rotatable bonds is 0. The van der Waals surface area contributed by atoms with Crippen LogP contribution in [0.3, 0.4) is 0 Å². The maximum atomic E-state index is 7.00. The Labute approximate surface area is 138 Å². The van der Waals surface area contributed by atoms with Crippen molar-refractivity contribution >= 4 is 0 Å². The van der Waals surface area contributed by atoms with Gasteiger partial charge in [-0.05, 0) is 25.7 Å². The molecule has 0 heterocycles. The summed E-state index contributed by atoms with van der Waals surface area (Å²) >= 11 is 0. The van der Waals surface area contributed by atoms with Crippen LogP contribution in [0.1, 0.15) is 51.4 Å². The summed E-state index contributed by atoms with van der Waals surface area (Å²) in [7, 11) is 3.00. The predicted octanol–water partition coefficient (Wildman–Crippen LogP) is 2.77. The van der Waals surface area contributed by atoms with E-state index in [1.54, 1.807) is 22.3 Å². The molecular formula is C16H29O3Ti-. The monoisotopic (exact) mass is 317 g/mol. The molecule has 0 radical (unpaired) electrons. The molecule has 0 amide bonds. The molecule has 0 unspecified atom stereocenters. The van der Waals surface area contributed by atoms with E-state index in [-0.39, 0.29) is 21.7 Å². The van der Waals surface area contributed by atoms with Gasteiger partial charge >= 0.3 is 0 Å². The zero-order chi connectivity index (χ0) is 14.7. The molecule has 3 aliphatic rings. The Morgan fingerprint density at radius 2 is 1.30 bits per heavy atom. The van der Waals surface area contributed by atoms with Gasteiger partial charge in [0.2, 0.25) is 0 Å². The third-order valence-electron chi connectivity index (χ3n) is 3.76. The van der Waals surface area contributed by atoms with Gasteiger partial charge in [0.25, 0.3) is 0 Å². The largest absolute Gasteiger partial charge is 0.400 e. The molecule has 0 aliphatic heterocycles. The Morgan fingerprint density at radius 3 is 1.95 bits per heavy atom. The van der Waals surface area contributed by atoms with Crippen LogP contribution in [-0.4, -0.2) is 36.6 Å². The van der Waals surface area contributed by atoms with Crippen LogP contribution in [0, 0.1) is 6.42 Å². The van der Waals surface area contributed by atoms with Gasteiger partial charge in [0.05, 0.1) is 0 Å². The van der Waals surface area contributed by atoms with Gasteiger partial charge in [-0.15, -0.1) is 12.0 Å². The van der Waals surface area contributed by atoms with Gasteiger partial charge in [0.15, 0.2) is 0 Å². The SMILES string of the molecule is CO.CO.CO.[CH-]1CCCC2=C1CC1=C2CCCC1.[Ti]. The Bertz CT molecular complexity index is 279. The van der Waals surface area contributed by atoms with Crippen LogP contribution in [0.5, 0.6) is 0 Å². The second kappa shape index (κ2) is 13.9. The molecule has 0 atom stereocenters. The Kier molecular flexibility index (Phi) is 15.5. The van der Waals surface area contributed by atoms with Gasteiger partial charge in [-0.3, -0.25) is 0 Å². The summed E-state index contributed by atoms with van der Waals surface area (Å²) in [5.41, 5.74) is 7.06. The first-order chi connectivity index (χ1) is 9.45. The summed E-state index contributed by atoms with van der Waals surface area (Å²) < 4.78 is 0. The number of aliphatic hydroxyl groups is 3. The minimum absolute atomic E-state index is 0. The third-order valence-corrected chi connectivity index (χ3v) is 3.76. The van der Waals surface area contributed by atoms with Crippen LogP contribution in [0.15, 0.2) is 22.3 Å². The van der Waals surface area contributed by atoms with Crippen LogP contribution in [0.2, 0.25) is 0 Å². The molecule has 3 rings (SSSR count). The Hall–Kier alpha value is -0.0557. The van der Waals surface area contributed by atoms with Crippen molar-refractivity contribution in [3.05, 3.63) is 28.7 Å². The Morgan fingerprint density at radius 1 is 0.750 bits per heavy atom. The van der Waals surface area contributed by atoms with Gasteiger partial charge in [-0.25, -0.2) is 12.0 Å². The quantitative estimate of drug-likeness (QED) is 0.475. The first kappa shape index (κ1) is 22.2. The van der Waals surface area contributed by atoms with E-state index in [9.17, 15) is 0 Å². The van der Waals surface area contributed by atoms with Gasteiger partial charge in [-0.1, -0.05) is 24.8 Å². The third kappa shape index (κ3) is 5.75. The fourth-order valence-electron chi connectivity index (χ4n) is 3.12. The van der Waals surface area contributed by atoms with Gasteiger partial charge < -0.3 is 15.3 Å². The molecular weight excluding hydrogens is 288 g/mol. The average Bonchev–Trinajstić information content (AvgIpc) is 2.92. The van der Waals surface area contributed by atoms with Crippen LogP contribution >= 0.6 is 0 Å². The first-order valence-corrected chi connectivity index (χ1v) is 7.06. The van der Waals surface area contributed by atoms with Crippen LogP contribution in [-0.2, 0) is 21.7 Å². The van der Waals surface area contributed by atoms with E-state index in [4.69, 9.17) is 15.3 Å². The van der Waals surface area contributed by atoms with E-state index in [1.165, 1.54) is 51.4 Å². The zero-order valence-corrected chi connectivity index (χ0v) is 14.6. The molecule has 116 valence electrons. The summed E-state index contributed by atoms with van der Waals surface area (Å²) in [6, 6.07) is 0. The number of hydrogen-bond acceptors (Lipinski definition) is 3. The van der Waals surface area contributed by atoms with Crippen molar-refractivity contribution < 1.29 is 37.0 Å². The average molecular weight is 317 g/mol. The molecule has 3 aliphatic carbocycles. The van der Waals surface area contributed by atoms with Crippen molar-refractivity contribution in [2.45, 2.75) is 51.4 Å². The molecule has 3 nitrogen and oxygen atoms in total. The number of aliphatic hydroxyl groups excluding tert-OH is 3. The summed E-state index contributed by atoms with van der Waals surface area (Å²) in [6.45, 7) is 0. The molecule has 0 aromatic heterocycles. The maximum Gasteiger partial charge on any atom is 0.0319 e. The van der Waals surface area contributed by atoms with Crippen molar-refractivity contribution in [2.75, 3.05) is 21.3 Å². The summed E-state index contributed by atoms with van der Waals surface area (Å²) in [5.74, 6) is 0. The van der Waals surface area contributed by atoms with Crippen molar-refractivity contribution in [1.29, 1.82) is 0 Å². The van der Waals surface area contributed by atoms with Crippen LogP contribution in [0.25, 0.3) is 0 Å². The van der Waals surface area contributed by atoms with E-state index in [0.717, 1.165) is 21.3 Å². The summed E-state index contributed by atoms with van der Waals surface area (Å²) in [6.07, 6.45) is 13.6. The fraction of sp³-hybridized carbons (Fsp3) is 0.688. The molecule has 0 fully saturated rings. The molecule has 0 aromatic rings. The molecule has 0 saturated heterocycles. The van der Waals surface area contributed by atoms with Crippen molar-refractivity contribution in [3.63, 3.8) is 0 Å². The molecule has 0 saturated carbocycles. The minimum Gasteiger partial charge on any atom is -0.400 e. The van der Waals surface area contributed by atoms with Crippen LogP contribution < -0.4 is 0 Å². The van der Waals surface area contributed by atoms with E-state index >= 15 is 0 Å². The van der Waals surface area contributed by atoms with E-state index in [1.807, 2.05) is 0 Å². The van der Waals surface area contributed by atoms with Crippen molar-refractivity contribution in [3.8, 4) is 0 Å². The topological polar surface area (TPSA) is 60.7 Å². The molecule has 0 bridgehead atoms. The van der Waals surface area contributed by atoms with E-state index in [2.05, 4.69) is 6.42 Å². The number of fused-ring (bicyclic) bond motifs is 1. The van der Waals surface area contributed by atoms with Crippen molar-refractivity contribution in [2.24, 2.45) is 0 Å². The van der Waals surface area contributed by atoms with E-state index in [0.29, 0.717) is 0 Å². The Balaban J connectivity index is 0. The van der Waals surface area contributed by atoms with Crippen molar-refractivity contribution in [1.82, 2.24) is 0 Å². The maximum absolute atomic E-state index is 7.00. The fourth-order valence-corrected chi connectivity index (χ4v) is 3.12. The molecule has 4 heteroatoms. The van der Waals surface area contributed by atoms with Gasteiger partial charge in [-0.2, -0.15) is 5.57 Å². The normalized spacial score (nSPS) is 18.5. The molecule has 0 spiro atoms. The number of allylic oxidation sites excluding steroid dienone is 4. The standard InChI is InChI=1S/C13H17.3CH4O.Ti/c1-3-7-12-10(5-1)9-11-6-2-4-8-13(11)12;3*1-2;/h5H,1-4,6-9H2;3*2H,1H3;/q-1;;;;. The molecule has 0 aromatic carbocycles.